The maximum atomic E-state index is 2.41. The zero-order valence-electron chi connectivity index (χ0n) is 23.3. The molecule has 2 nitrogen and oxygen atoms in total. The highest BCUT2D eigenvalue weighted by molar-refractivity contribution is 5.93. The van der Waals surface area contributed by atoms with Crippen molar-refractivity contribution in [2.45, 2.75) is 12.8 Å². The summed E-state index contributed by atoms with van der Waals surface area (Å²) in [6, 6.07) is 43.8. The number of allylic oxidation sites excluding steroid dienone is 4. The summed E-state index contributed by atoms with van der Waals surface area (Å²) in [5.74, 6) is 0. The van der Waals surface area contributed by atoms with E-state index in [1.54, 1.807) is 0 Å². The lowest BCUT2D eigenvalue weighted by atomic mass is 10.00. The van der Waals surface area contributed by atoms with E-state index in [4.69, 9.17) is 0 Å². The molecule has 0 saturated heterocycles. The molecule has 0 bridgehead atoms. The lowest BCUT2D eigenvalue weighted by Gasteiger charge is -2.29. The fraction of sp³-hybridized carbons (Fsp3) is 0.0500. The van der Waals surface area contributed by atoms with Gasteiger partial charge in [-0.2, -0.15) is 0 Å². The van der Waals surface area contributed by atoms with Crippen molar-refractivity contribution in [3.8, 4) is 11.1 Å². The molecule has 2 heteroatoms. The number of benzene rings is 5. The molecule has 5 aromatic rings. The van der Waals surface area contributed by atoms with Crippen LogP contribution in [0.1, 0.15) is 29.5 Å². The molecule has 5 aromatic carbocycles. The molecule has 0 unspecified atom stereocenters. The van der Waals surface area contributed by atoms with Crippen LogP contribution in [0, 0.1) is 0 Å². The van der Waals surface area contributed by atoms with Gasteiger partial charge in [0, 0.05) is 17.1 Å². The molecule has 0 spiro atoms. The second-order valence-electron chi connectivity index (χ2n) is 11.0. The normalized spacial score (nSPS) is 15.0. The van der Waals surface area contributed by atoms with Crippen molar-refractivity contribution in [1.82, 2.24) is 0 Å². The van der Waals surface area contributed by atoms with Crippen molar-refractivity contribution >= 4 is 46.7 Å². The molecule has 0 fully saturated rings. The number of fused-ring (bicyclic) bond motifs is 3. The zero-order valence-corrected chi connectivity index (χ0v) is 23.3. The van der Waals surface area contributed by atoms with Crippen LogP contribution < -0.4 is 9.80 Å². The van der Waals surface area contributed by atoms with E-state index in [2.05, 4.69) is 168 Å². The van der Waals surface area contributed by atoms with Gasteiger partial charge in [0.1, 0.15) is 0 Å². The molecule has 0 amide bonds. The average Bonchev–Trinajstić information content (AvgIpc) is 3.33. The van der Waals surface area contributed by atoms with Gasteiger partial charge in [-0.3, -0.25) is 0 Å². The van der Waals surface area contributed by atoms with Gasteiger partial charge in [-0.25, -0.2) is 0 Å². The monoisotopic (exact) mass is 538 g/mol. The van der Waals surface area contributed by atoms with E-state index in [0.717, 1.165) is 18.5 Å². The number of hydrogen-bond donors (Lipinski definition) is 0. The third-order valence-corrected chi connectivity index (χ3v) is 8.45. The quantitative estimate of drug-likeness (QED) is 0.221. The van der Waals surface area contributed by atoms with Crippen LogP contribution in [0.15, 0.2) is 151 Å². The van der Waals surface area contributed by atoms with E-state index >= 15 is 0 Å². The van der Waals surface area contributed by atoms with Gasteiger partial charge in [-0.1, -0.05) is 109 Å². The molecule has 0 atom stereocenters. The highest BCUT2D eigenvalue weighted by atomic mass is 15.2. The van der Waals surface area contributed by atoms with Crippen molar-refractivity contribution in [1.29, 1.82) is 0 Å². The number of anilines is 5. The topological polar surface area (TPSA) is 6.48 Å². The summed E-state index contributed by atoms with van der Waals surface area (Å²) < 4.78 is 0. The van der Waals surface area contributed by atoms with E-state index in [0.29, 0.717) is 0 Å². The smallest absolute Gasteiger partial charge is 0.0534 e. The largest absolute Gasteiger partial charge is 0.310 e. The Kier molecular flexibility index (Phi) is 5.97. The second-order valence-corrected chi connectivity index (χ2v) is 11.0. The summed E-state index contributed by atoms with van der Waals surface area (Å²) in [7, 11) is 0. The van der Waals surface area contributed by atoms with Crippen LogP contribution in [0.3, 0.4) is 0 Å². The standard InChI is InChI=1S/C40H30N2/c1-5-13-37-31(9-1)17-18-32-10-2-6-14-38(32)41(37)35-25-21-29(22-26-35)30-23-27-36(28-24-30)42-39-15-7-3-11-33(39)19-20-34-12-4-8-16-40(34)42/h1-3,5-11,13-28H,4,12H2. The summed E-state index contributed by atoms with van der Waals surface area (Å²) in [5, 5.41) is 0. The lowest BCUT2D eigenvalue weighted by molar-refractivity contribution is 0.955. The van der Waals surface area contributed by atoms with Gasteiger partial charge in [0.15, 0.2) is 0 Å². The van der Waals surface area contributed by atoms with Crippen molar-refractivity contribution in [2.24, 2.45) is 0 Å². The van der Waals surface area contributed by atoms with Gasteiger partial charge < -0.3 is 9.80 Å². The Balaban J connectivity index is 1.14. The number of hydrogen-bond acceptors (Lipinski definition) is 2. The first-order chi connectivity index (χ1) is 20.8. The summed E-state index contributed by atoms with van der Waals surface area (Å²) in [5.41, 5.74) is 14.7. The first-order valence-corrected chi connectivity index (χ1v) is 14.7. The van der Waals surface area contributed by atoms with Crippen molar-refractivity contribution in [2.75, 3.05) is 9.80 Å². The van der Waals surface area contributed by atoms with Crippen LogP contribution >= 0.6 is 0 Å². The van der Waals surface area contributed by atoms with E-state index in [1.807, 2.05) is 0 Å². The van der Waals surface area contributed by atoms with E-state index in [9.17, 15) is 0 Å². The van der Waals surface area contributed by atoms with Gasteiger partial charge in [-0.15, -0.1) is 0 Å². The van der Waals surface area contributed by atoms with Crippen LogP contribution in [-0.4, -0.2) is 0 Å². The lowest BCUT2D eigenvalue weighted by Crippen LogP contribution is -2.18. The van der Waals surface area contributed by atoms with E-state index in [1.165, 1.54) is 61.8 Å². The Bertz CT molecular complexity index is 1870. The molecule has 2 heterocycles. The Morgan fingerprint density at radius 3 is 1.40 bits per heavy atom. The molecule has 2 aliphatic heterocycles. The molecular formula is C40H30N2. The highest BCUT2D eigenvalue weighted by Crippen LogP contribution is 2.43. The molecule has 3 aliphatic rings. The van der Waals surface area contributed by atoms with Crippen molar-refractivity contribution in [3.63, 3.8) is 0 Å². The third kappa shape index (κ3) is 4.20. The van der Waals surface area contributed by atoms with E-state index in [-0.39, 0.29) is 0 Å². The van der Waals surface area contributed by atoms with Crippen molar-refractivity contribution in [3.05, 3.63) is 168 Å². The first kappa shape index (κ1) is 24.5. The molecule has 8 rings (SSSR count). The predicted octanol–water partition coefficient (Wildman–Crippen LogP) is 11.1. The second kappa shape index (κ2) is 10.2. The Hall–Kier alpha value is -5.34. The van der Waals surface area contributed by atoms with Gasteiger partial charge >= 0.3 is 0 Å². The van der Waals surface area contributed by atoms with Gasteiger partial charge in [-0.05, 0) is 94.8 Å². The minimum absolute atomic E-state index is 1.07. The minimum Gasteiger partial charge on any atom is -0.310 e. The minimum atomic E-state index is 1.07. The molecule has 0 radical (unpaired) electrons. The molecule has 0 saturated carbocycles. The summed E-state index contributed by atoms with van der Waals surface area (Å²) in [6.45, 7) is 0. The van der Waals surface area contributed by atoms with Crippen LogP contribution in [0.25, 0.3) is 29.4 Å². The third-order valence-electron chi connectivity index (χ3n) is 8.45. The summed E-state index contributed by atoms with van der Waals surface area (Å²) >= 11 is 0. The molecule has 1 aliphatic carbocycles. The van der Waals surface area contributed by atoms with E-state index < -0.39 is 0 Å². The molecule has 42 heavy (non-hydrogen) atoms. The fourth-order valence-electron chi connectivity index (χ4n) is 6.34. The predicted molar refractivity (Wildman–Crippen MR) is 179 cm³/mol. The zero-order chi connectivity index (χ0) is 27.9. The van der Waals surface area contributed by atoms with Crippen LogP contribution in [-0.2, 0) is 0 Å². The molecule has 0 N–H and O–H groups in total. The Labute approximate surface area is 247 Å². The highest BCUT2D eigenvalue weighted by Gasteiger charge is 2.22. The molecule has 200 valence electrons. The first-order valence-electron chi connectivity index (χ1n) is 14.7. The van der Waals surface area contributed by atoms with Gasteiger partial charge in [0.25, 0.3) is 0 Å². The number of para-hydroxylation sites is 3. The summed E-state index contributed by atoms with van der Waals surface area (Å²) in [4.78, 5) is 4.78. The van der Waals surface area contributed by atoms with Gasteiger partial charge in [0.05, 0.1) is 17.1 Å². The Morgan fingerprint density at radius 2 is 0.857 bits per heavy atom. The molecule has 0 aromatic heterocycles. The maximum absolute atomic E-state index is 2.41. The van der Waals surface area contributed by atoms with Crippen molar-refractivity contribution < 1.29 is 0 Å². The van der Waals surface area contributed by atoms with Crippen LogP contribution in [0.5, 0.6) is 0 Å². The average molecular weight is 539 g/mol. The SMILES string of the molecule is C1=CC2=C(C=Cc3ccccc3N2c2ccc(-c3ccc(N4c5ccccc5C=Cc5ccccc54)cc3)cc2)CC1. The maximum Gasteiger partial charge on any atom is 0.0534 e. The van der Waals surface area contributed by atoms with Crippen LogP contribution in [0.2, 0.25) is 0 Å². The van der Waals surface area contributed by atoms with Crippen LogP contribution in [0.4, 0.5) is 28.4 Å². The fourth-order valence-corrected chi connectivity index (χ4v) is 6.34. The Morgan fingerprint density at radius 1 is 0.405 bits per heavy atom. The molecular weight excluding hydrogens is 508 g/mol. The number of nitrogens with zero attached hydrogens (tertiary/aromatic N) is 2. The summed E-state index contributed by atoms with van der Waals surface area (Å²) in [6.07, 6.45) is 15.7. The number of rotatable bonds is 3. The van der Waals surface area contributed by atoms with Gasteiger partial charge in [0.2, 0.25) is 0 Å².